The molecule has 28 heavy (non-hydrogen) atoms. The van der Waals surface area contributed by atoms with Crippen LogP contribution in [0.1, 0.15) is 113 Å². The first-order chi connectivity index (χ1) is 13.8. The van der Waals surface area contributed by atoms with Gasteiger partial charge in [-0.2, -0.15) is 4.89 Å². The Morgan fingerprint density at radius 3 is 1.68 bits per heavy atom. The van der Waals surface area contributed by atoms with Gasteiger partial charge < -0.3 is 0 Å². The van der Waals surface area contributed by atoms with Gasteiger partial charge in [0.05, 0.1) is 12.2 Å². The molecule has 0 atom stereocenters. The lowest BCUT2D eigenvalue weighted by Crippen LogP contribution is -2.07. The molecule has 0 aliphatic rings. The molecule has 0 aromatic heterocycles. The molecule has 0 bridgehead atoms. The third kappa shape index (κ3) is 12.9. The number of hydrogen-bond acceptors (Lipinski definition) is 3. The second-order valence-corrected chi connectivity index (χ2v) is 7.69. The minimum atomic E-state index is -0.412. The van der Waals surface area contributed by atoms with Crippen LogP contribution in [0.5, 0.6) is 0 Å². The number of hydrogen-bond donors (Lipinski definition) is 0. The molecule has 159 valence electrons. The molecular weight excluding hydrogens is 348 g/mol. The number of carbonyl (C=O) groups excluding carboxylic acids is 1. The molecule has 0 amide bonds. The van der Waals surface area contributed by atoms with Gasteiger partial charge in [0, 0.05) is 0 Å². The largest absolute Gasteiger partial charge is 0.373 e. The van der Waals surface area contributed by atoms with Gasteiger partial charge in [0.15, 0.2) is 0 Å². The van der Waals surface area contributed by atoms with Crippen LogP contribution in [0.25, 0.3) is 0 Å². The van der Waals surface area contributed by atoms with Crippen LogP contribution in [-0.2, 0) is 16.2 Å². The Hall–Kier alpha value is -1.35. The zero-order chi connectivity index (χ0) is 20.3. The van der Waals surface area contributed by atoms with E-state index in [0.29, 0.717) is 12.2 Å². The fourth-order valence-corrected chi connectivity index (χ4v) is 3.30. The maximum Gasteiger partial charge on any atom is 0.373 e. The summed E-state index contributed by atoms with van der Waals surface area (Å²) in [6, 6.07) is 7.47. The summed E-state index contributed by atoms with van der Waals surface area (Å²) < 4.78 is 0. The molecule has 0 unspecified atom stereocenters. The Balaban J connectivity index is 1.83. The van der Waals surface area contributed by atoms with E-state index in [-0.39, 0.29) is 0 Å². The standard InChI is InChI=1S/C25H41O3/c1-3-5-6-7-8-9-10-11-12-13-14-15-16-17-22-27-28-25(26)24-20-18-23(4-2)19-21-24/h18-21H,1,3-17,22H2,2H3. The van der Waals surface area contributed by atoms with Crippen molar-refractivity contribution in [1.82, 2.24) is 0 Å². The first kappa shape index (κ1) is 24.7. The van der Waals surface area contributed by atoms with Crippen LogP contribution in [0, 0.1) is 6.92 Å². The fourth-order valence-electron chi connectivity index (χ4n) is 3.30. The molecule has 1 aromatic carbocycles. The molecule has 0 aliphatic carbocycles. The fraction of sp³-hybridized carbons (Fsp3) is 0.680. The first-order valence-corrected chi connectivity index (χ1v) is 11.5. The lowest BCUT2D eigenvalue weighted by molar-refractivity contribution is -0.241. The Kier molecular flexibility index (Phi) is 15.6. The zero-order valence-electron chi connectivity index (χ0n) is 18.1. The van der Waals surface area contributed by atoms with Gasteiger partial charge in [0.1, 0.15) is 0 Å². The van der Waals surface area contributed by atoms with Gasteiger partial charge >= 0.3 is 5.97 Å². The zero-order valence-corrected chi connectivity index (χ0v) is 18.1. The van der Waals surface area contributed by atoms with Crippen molar-refractivity contribution in [2.75, 3.05) is 6.61 Å². The molecule has 0 saturated carbocycles. The van der Waals surface area contributed by atoms with Crippen LogP contribution in [-0.4, -0.2) is 12.6 Å². The molecule has 1 radical (unpaired) electrons. The predicted molar refractivity (Wildman–Crippen MR) is 117 cm³/mol. The molecule has 0 saturated heterocycles. The van der Waals surface area contributed by atoms with Gasteiger partial charge in [-0.3, -0.25) is 4.89 Å². The molecule has 0 aliphatic heterocycles. The summed E-state index contributed by atoms with van der Waals surface area (Å²) in [4.78, 5) is 21.8. The van der Waals surface area contributed by atoms with Gasteiger partial charge in [-0.1, -0.05) is 109 Å². The second-order valence-electron chi connectivity index (χ2n) is 7.69. The van der Waals surface area contributed by atoms with E-state index >= 15 is 0 Å². The van der Waals surface area contributed by atoms with Gasteiger partial charge in [-0.05, 0) is 30.5 Å². The molecule has 3 nitrogen and oxygen atoms in total. The van der Waals surface area contributed by atoms with Crippen molar-refractivity contribution in [3.63, 3.8) is 0 Å². The normalized spacial score (nSPS) is 10.9. The second kappa shape index (κ2) is 17.7. The summed E-state index contributed by atoms with van der Waals surface area (Å²) in [6.45, 7) is 6.45. The maximum atomic E-state index is 11.8. The van der Waals surface area contributed by atoms with Crippen LogP contribution in [0.4, 0.5) is 0 Å². The minimum Gasteiger partial charge on any atom is -0.293 e. The number of rotatable bonds is 18. The highest BCUT2D eigenvalue weighted by molar-refractivity contribution is 5.88. The molecular formula is C25H41O3. The molecule has 0 heterocycles. The van der Waals surface area contributed by atoms with Crippen molar-refractivity contribution in [3.8, 4) is 0 Å². The SMILES string of the molecule is [CH2]CCCCCCCCCCCCCCCOOC(=O)c1ccc(CC)cc1. The van der Waals surface area contributed by atoms with E-state index in [1.807, 2.05) is 12.1 Å². The van der Waals surface area contributed by atoms with E-state index in [4.69, 9.17) is 9.78 Å². The van der Waals surface area contributed by atoms with Crippen LogP contribution in [0.2, 0.25) is 0 Å². The maximum absolute atomic E-state index is 11.8. The van der Waals surface area contributed by atoms with Gasteiger partial charge in [0.2, 0.25) is 0 Å². The highest BCUT2D eigenvalue weighted by Crippen LogP contribution is 2.13. The molecule has 0 N–H and O–H groups in total. The smallest absolute Gasteiger partial charge is 0.293 e. The van der Waals surface area contributed by atoms with Gasteiger partial charge in [0.25, 0.3) is 0 Å². The van der Waals surface area contributed by atoms with E-state index in [2.05, 4.69) is 13.8 Å². The molecule has 1 aromatic rings. The summed E-state index contributed by atoms with van der Waals surface area (Å²) in [5, 5.41) is 0. The monoisotopic (exact) mass is 389 g/mol. The van der Waals surface area contributed by atoms with Crippen LogP contribution in [0.3, 0.4) is 0 Å². The average molecular weight is 390 g/mol. The molecule has 0 spiro atoms. The Morgan fingerprint density at radius 1 is 0.750 bits per heavy atom. The molecule has 0 fully saturated rings. The van der Waals surface area contributed by atoms with E-state index < -0.39 is 5.97 Å². The van der Waals surface area contributed by atoms with Crippen molar-refractivity contribution in [2.24, 2.45) is 0 Å². The Bertz CT molecular complexity index is 481. The van der Waals surface area contributed by atoms with Crippen LogP contribution < -0.4 is 0 Å². The predicted octanol–water partition coefficient (Wildman–Crippen LogP) is 7.63. The highest BCUT2D eigenvalue weighted by Gasteiger charge is 2.07. The number of benzene rings is 1. The third-order valence-corrected chi connectivity index (χ3v) is 5.21. The topological polar surface area (TPSA) is 35.5 Å². The lowest BCUT2D eigenvalue weighted by Gasteiger charge is -2.05. The Morgan fingerprint density at radius 2 is 1.21 bits per heavy atom. The summed E-state index contributed by atoms with van der Waals surface area (Å²) >= 11 is 0. The van der Waals surface area contributed by atoms with Gasteiger partial charge in [-0.15, -0.1) is 0 Å². The average Bonchev–Trinajstić information content (AvgIpc) is 2.73. The van der Waals surface area contributed by atoms with Crippen LogP contribution >= 0.6 is 0 Å². The van der Waals surface area contributed by atoms with E-state index in [0.717, 1.165) is 25.7 Å². The van der Waals surface area contributed by atoms with Crippen molar-refractivity contribution in [3.05, 3.63) is 42.3 Å². The lowest BCUT2D eigenvalue weighted by atomic mass is 10.0. The third-order valence-electron chi connectivity index (χ3n) is 5.21. The quantitative estimate of drug-likeness (QED) is 0.147. The van der Waals surface area contributed by atoms with Crippen LogP contribution in [0.15, 0.2) is 24.3 Å². The summed E-state index contributed by atoms with van der Waals surface area (Å²) in [6.07, 6.45) is 19.0. The van der Waals surface area contributed by atoms with E-state index in [9.17, 15) is 4.79 Å². The van der Waals surface area contributed by atoms with Gasteiger partial charge in [-0.25, -0.2) is 4.79 Å². The first-order valence-electron chi connectivity index (χ1n) is 11.5. The minimum absolute atomic E-state index is 0.412. The summed E-state index contributed by atoms with van der Waals surface area (Å²) in [7, 11) is 0. The number of aryl methyl sites for hydroxylation is 1. The Labute approximate surface area is 173 Å². The van der Waals surface area contributed by atoms with E-state index in [1.165, 1.54) is 76.2 Å². The highest BCUT2D eigenvalue weighted by atomic mass is 17.2. The summed E-state index contributed by atoms with van der Waals surface area (Å²) in [5.74, 6) is -0.412. The van der Waals surface area contributed by atoms with Crippen molar-refractivity contribution in [2.45, 2.75) is 103 Å². The van der Waals surface area contributed by atoms with Crippen molar-refractivity contribution in [1.29, 1.82) is 0 Å². The number of unbranched alkanes of at least 4 members (excludes halogenated alkanes) is 13. The summed E-state index contributed by atoms with van der Waals surface area (Å²) in [5.41, 5.74) is 1.74. The molecule has 3 heteroatoms. The van der Waals surface area contributed by atoms with Crippen molar-refractivity contribution < 1.29 is 14.6 Å². The molecule has 1 rings (SSSR count). The van der Waals surface area contributed by atoms with Crippen molar-refractivity contribution >= 4 is 5.97 Å². The number of carbonyl (C=O) groups is 1. The van der Waals surface area contributed by atoms with E-state index in [1.54, 1.807) is 12.1 Å².